The maximum atomic E-state index is 9.16. The molecule has 2 heterocycles. The molecule has 18 heavy (non-hydrogen) atoms. The zero-order valence-electron chi connectivity index (χ0n) is 11.2. The molecule has 1 aromatic heterocycles. The van der Waals surface area contributed by atoms with Crippen LogP contribution in [0.5, 0.6) is 0 Å². The molecule has 4 heteroatoms. The second-order valence-electron chi connectivity index (χ2n) is 4.89. The number of aryl methyl sites for hydroxylation is 2. The molecule has 0 spiro atoms. The lowest BCUT2D eigenvalue weighted by atomic mass is 10.1. The van der Waals surface area contributed by atoms with Crippen molar-refractivity contribution in [2.45, 2.75) is 26.7 Å². The molecule has 4 nitrogen and oxygen atoms in total. The Hall–Kier alpha value is -1.60. The number of pyridine rings is 1. The Morgan fingerprint density at radius 1 is 1.39 bits per heavy atom. The highest BCUT2D eigenvalue weighted by molar-refractivity contribution is 5.56. The highest BCUT2D eigenvalue weighted by Crippen LogP contribution is 2.17. The highest BCUT2D eigenvalue weighted by Gasteiger charge is 2.12. The zero-order valence-corrected chi connectivity index (χ0v) is 11.2. The highest BCUT2D eigenvalue weighted by atomic mass is 15.2. The largest absolute Gasteiger partial charge is 0.368 e. The molecule has 0 aliphatic carbocycles. The Labute approximate surface area is 109 Å². The molecule has 1 N–H and O–H groups in total. The molecule has 0 unspecified atom stereocenters. The topological polar surface area (TPSA) is 52.0 Å². The van der Waals surface area contributed by atoms with Gasteiger partial charge in [-0.2, -0.15) is 5.26 Å². The van der Waals surface area contributed by atoms with Gasteiger partial charge in [0.25, 0.3) is 0 Å². The molecular formula is C14H20N4. The van der Waals surface area contributed by atoms with E-state index in [1.165, 1.54) is 25.9 Å². The van der Waals surface area contributed by atoms with Crippen molar-refractivity contribution < 1.29 is 0 Å². The van der Waals surface area contributed by atoms with Crippen molar-refractivity contribution >= 4 is 5.82 Å². The summed E-state index contributed by atoms with van der Waals surface area (Å²) in [4.78, 5) is 6.86. The van der Waals surface area contributed by atoms with Gasteiger partial charge in [-0.05, 0) is 51.4 Å². The van der Waals surface area contributed by atoms with Crippen molar-refractivity contribution in [2.75, 3.05) is 31.5 Å². The minimum atomic E-state index is 0.669. The van der Waals surface area contributed by atoms with Gasteiger partial charge in [0.2, 0.25) is 0 Å². The SMILES string of the molecule is Cc1cc(C)c(C#N)c(NCCN2CCCC2)n1. The van der Waals surface area contributed by atoms with E-state index in [-0.39, 0.29) is 0 Å². The van der Waals surface area contributed by atoms with E-state index >= 15 is 0 Å². The molecule has 2 rings (SSSR count). The van der Waals surface area contributed by atoms with Crippen LogP contribution in [0.4, 0.5) is 5.82 Å². The summed E-state index contributed by atoms with van der Waals surface area (Å²) in [7, 11) is 0. The molecule has 0 amide bonds. The van der Waals surface area contributed by atoms with Crippen LogP contribution in [-0.2, 0) is 0 Å². The molecule has 96 valence electrons. The summed E-state index contributed by atoms with van der Waals surface area (Å²) in [6, 6.07) is 4.18. The number of nitrogens with zero attached hydrogens (tertiary/aromatic N) is 3. The number of nitrogens with one attached hydrogen (secondary N) is 1. The lowest BCUT2D eigenvalue weighted by molar-refractivity contribution is 0.352. The first-order valence-corrected chi connectivity index (χ1v) is 6.55. The normalized spacial score (nSPS) is 15.6. The zero-order chi connectivity index (χ0) is 13.0. The van der Waals surface area contributed by atoms with E-state index < -0.39 is 0 Å². The van der Waals surface area contributed by atoms with E-state index in [4.69, 9.17) is 5.26 Å². The number of hydrogen-bond donors (Lipinski definition) is 1. The summed E-state index contributed by atoms with van der Waals surface area (Å²) in [5, 5.41) is 12.5. The molecular weight excluding hydrogens is 224 g/mol. The predicted octanol–water partition coefficient (Wildman–Crippen LogP) is 2.08. The van der Waals surface area contributed by atoms with Gasteiger partial charge in [0.15, 0.2) is 0 Å². The summed E-state index contributed by atoms with van der Waals surface area (Å²) in [6.45, 7) is 8.20. The number of anilines is 1. The van der Waals surface area contributed by atoms with Crippen LogP contribution in [0.1, 0.15) is 29.7 Å². The monoisotopic (exact) mass is 244 g/mol. The summed E-state index contributed by atoms with van der Waals surface area (Å²) in [6.07, 6.45) is 2.62. The maximum absolute atomic E-state index is 9.16. The average molecular weight is 244 g/mol. The van der Waals surface area contributed by atoms with Crippen molar-refractivity contribution in [3.05, 3.63) is 22.9 Å². The Morgan fingerprint density at radius 3 is 2.78 bits per heavy atom. The number of nitriles is 1. The Bertz CT molecular complexity index is 456. The van der Waals surface area contributed by atoms with Crippen LogP contribution in [0.25, 0.3) is 0 Å². The van der Waals surface area contributed by atoms with Gasteiger partial charge in [0.1, 0.15) is 11.9 Å². The van der Waals surface area contributed by atoms with E-state index in [9.17, 15) is 0 Å². The first-order chi connectivity index (χ1) is 8.70. The van der Waals surface area contributed by atoms with Crippen LogP contribution in [-0.4, -0.2) is 36.1 Å². The summed E-state index contributed by atoms with van der Waals surface area (Å²) in [5.74, 6) is 0.731. The molecule has 0 saturated carbocycles. The van der Waals surface area contributed by atoms with Crippen molar-refractivity contribution in [3.8, 4) is 6.07 Å². The van der Waals surface area contributed by atoms with Gasteiger partial charge in [0.05, 0.1) is 5.56 Å². The van der Waals surface area contributed by atoms with Gasteiger partial charge in [-0.1, -0.05) is 0 Å². The molecule has 1 fully saturated rings. The molecule has 1 aliphatic rings. The minimum absolute atomic E-state index is 0.669. The molecule has 1 aliphatic heterocycles. The van der Waals surface area contributed by atoms with Crippen molar-refractivity contribution in [1.82, 2.24) is 9.88 Å². The van der Waals surface area contributed by atoms with Crippen LogP contribution in [0.15, 0.2) is 6.07 Å². The maximum Gasteiger partial charge on any atom is 0.144 e. The minimum Gasteiger partial charge on any atom is -0.368 e. The number of hydrogen-bond acceptors (Lipinski definition) is 4. The third-order valence-electron chi connectivity index (χ3n) is 3.38. The molecule has 1 saturated heterocycles. The number of aromatic nitrogens is 1. The van der Waals surface area contributed by atoms with Crippen LogP contribution < -0.4 is 5.32 Å². The van der Waals surface area contributed by atoms with Gasteiger partial charge < -0.3 is 10.2 Å². The van der Waals surface area contributed by atoms with Crippen LogP contribution in [0.2, 0.25) is 0 Å². The molecule has 0 atom stereocenters. The third-order valence-corrected chi connectivity index (χ3v) is 3.38. The lowest BCUT2D eigenvalue weighted by Gasteiger charge is -2.16. The van der Waals surface area contributed by atoms with Crippen molar-refractivity contribution in [3.63, 3.8) is 0 Å². The summed E-state index contributed by atoms with van der Waals surface area (Å²) < 4.78 is 0. The average Bonchev–Trinajstić information content (AvgIpc) is 2.81. The second-order valence-corrected chi connectivity index (χ2v) is 4.89. The van der Waals surface area contributed by atoms with E-state index in [1.807, 2.05) is 19.9 Å². The van der Waals surface area contributed by atoms with Crippen LogP contribution in [0.3, 0.4) is 0 Å². The summed E-state index contributed by atoms with van der Waals surface area (Å²) in [5.41, 5.74) is 2.62. The van der Waals surface area contributed by atoms with E-state index in [2.05, 4.69) is 21.3 Å². The Morgan fingerprint density at radius 2 is 2.11 bits per heavy atom. The molecule has 1 aromatic rings. The van der Waals surface area contributed by atoms with Gasteiger partial charge in [-0.3, -0.25) is 0 Å². The van der Waals surface area contributed by atoms with Gasteiger partial charge in [-0.25, -0.2) is 4.98 Å². The summed E-state index contributed by atoms with van der Waals surface area (Å²) >= 11 is 0. The van der Waals surface area contributed by atoms with Gasteiger partial charge in [0, 0.05) is 18.8 Å². The number of likely N-dealkylation sites (tertiary alicyclic amines) is 1. The van der Waals surface area contributed by atoms with Gasteiger partial charge in [-0.15, -0.1) is 0 Å². The third kappa shape index (κ3) is 2.99. The smallest absolute Gasteiger partial charge is 0.144 e. The van der Waals surface area contributed by atoms with Crippen LogP contribution >= 0.6 is 0 Å². The molecule has 0 radical (unpaired) electrons. The fourth-order valence-corrected chi connectivity index (χ4v) is 2.44. The fourth-order valence-electron chi connectivity index (χ4n) is 2.44. The molecule has 0 bridgehead atoms. The van der Waals surface area contributed by atoms with E-state index in [0.717, 1.165) is 30.2 Å². The number of rotatable bonds is 4. The van der Waals surface area contributed by atoms with Crippen molar-refractivity contribution in [2.24, 2.45) is 0 Å². The Balaban J connectivity index is 1.97. The quantitative estimate of drug-likeness (QED) is 0.881. The lowest BCUT2D eigenvalue weighted by Crippen LogP contribution is -2.26. The Kier molecular flexibility index (Phi) is 4.16. The van der Waals surface area contributed by atoms with E-state index in [0.29, 0.717) is 5.56 Å². The van der Waals surface area contributed by atoms with Gasteiger partial charge >= 0.3 is 0 Å². The second kappa shape index (κ2) is 5.83. The van der Waals surface area contributed by atoms with E-state index in [1.54, 1.807) is 0 Å². The first-order valence-electron chi connectivity index (χ1n) is 6.55. The van der Waals surface area contributed by atoms with Crippen molar-refractivity contribution in [1.29, 1.82) is 5.26 Å². The molecule has 0 aromatic carbocycles. The van der Waals surface area contributed by atoms with Crippen LogP contribution in [0, 0.1) is 25.2 Å². The fraction of sp³-hybridized carbons (Fsp3) is 0.571. The standard InChI is InChI=1S/C14H20N4/c1-11-9-12(2)17-14(13(11)10-15)16-5-8-18-6-3-4-7-18/h9H,3-8H2,1-2H3,(H,16,17). The predicted molar refractivity (Wildman–Crippen MR) is 72.6 cm³/mol. The first kappa shape index (κ1) is 12.8.